The molecule has 1 aromatic rings. The molecule has 2 rings (SSSR count). The zero-order chi connectivity index (χ0) is 18.0. The van der Waals surface area contributed by atoms with Crippen molar-refractivity contribution in [1.29, 1.82) is 0 Å². The predicted molar refractivity (Wildman–Crippen MR) is 81.4 cm³/mol. The molecule has 1 saturated carbocycles. The average Bonchev–Trinajstić information content (AvgIpc) is 2.38. The highest BCUT2D eigenvalue weighted by atomic mass is 19.4. The SMILES string of the molecule is CC(C)(C)OC(=O)N[C@H]1C[C@@H](CNc2cnc(C(F)(F)F)cn2)C1. The lowest BCUT2D eigenvalue weighted by Gasteiger charge is -2.36. The lowest BCUT2D eigenvalue weighted by molar-refractivity contribution is -0.141. The topological polar surface area (TPSA) is 76.1 Å². The Morgan fingerprint density at radius 3 is 2.42 bits per heavy atom. The first kappa shape index (κ1) is 18.3. The van der Waals surface area contributed by atoms with Crippen LogP contribution in [0, 0.1) is 5.92 Å². The van der Waals surface area contributed by atoms with Gasteiger partial charge >= 0.3 is 12.3 Å². The van der Waals surface area contributed by atoms with Crippen LogP contribution >= 0.6 is 0 Å². The average molecular weight is 346 g/mol. The number of anilines is 1. The van der Waals surface area contributed by atoms with E-state index in [9.17, 15) is 18.0 Å². The fourth-order valence-electron chi connectivity index (χ4n) is 2.31. The van der Waals surface area contributed by atoms with Gasteiger partial charge in [0.05, 0.1) is 12.4 Å². The number of rotatable bonds is 4. The van der Waals surface area contributed by atoms with Gasteiger partial charge in [-0.2, -0.15) is 13.2 Å². The van der Waals surface area contributed by atoms with Crippen molar-refractivity contribution in [2.45, 2.75) is 51.4 Å². The minimum Gasteiger partial charge on any atom is -0.444 e. The smallest absolute Gasteiger partial charge is 0.434 e. The van der Waals surface area contributed by atoms with Crippen LogP contribution in [0.5, 0.6) is 0 Å². The molecule has 24 heavy (non-hydrogen) atoms. The van der Waals surface area contributed by atoms with E-state index >= 15 is 0 Å². The summed E-state index contributed by atoms with van der Waals surface area (Å²) >= 11 is 0. The summed E-state index contributed by atoms with van der Waals surface area (Å²) in [6.07, 6.45) is -1.60. The maximum absolute atomic E-state index is 12.4. The van der Waals surface area contributed by atoms with E-state index in [1.165, 1.54) is 0 Å². The summed E-state index contributed by atoms with van der Waals surface area (Å²) in [5.41, 5.74) is -1.55. The number of amides is 1. The number of hydrogen-bond donors (Lipinski definition) is 2. The highest BCUT2D eigenvalue weighted by Gasteiger charge is 2.33. The first-order valence-corrected chi connectivity index (χ1v) is 7.65. The van der Waals surface area contributed by atoms with Crippen molar-refractivity contribution in [1.82, 2.24) is 15.3 Å². The summed E-state index contributed by atoms with van der Waals surface area (Å²) in [6.45, 7) is 5.95. The second kappa shape index (κ2) is 6.82. The summed E-state index contributed by atoms with van der Waals surface area (Å²) in [5, 5.41) is 5.74. The zero-order valence-corrected chi connectivity index (χ0v) is 13.8. The molecule has 1 fully saturated rings. The molecule has 0 spiro atoms. The third-order valence-corrected chi connectivity index (χ3v) is 3.47. The lowest BCUT2D eigenvalue weighted by atomic mass is 9.80. The van der Waals surface area contributed by atoms with Crippen molar-refractivity contribution in [3.63, 3.8) is 0 Å². The van der Waals surface area contributed by atoms with Gasteiger partial charge in [-0.05, 0) is 39.5 Å². The molecule has 0 aromatic carbocycles. The van der Waals surface area contributed by atoms with Gasteiger partial charge < -0.3 is 15.4 Å². The molecule has 0 atom stereocenters. The molecule has 0 aliphatic heterocycles. The van der Waals surface area contributed by atoms with Crippen molar-refractivity contribution in [3.8, 4) is 0 Å². The van der Waals surface area contributed by atoms with E-state index in [1.54, 1.807) is 20.8 Å². The van der Waals surface area contributed by atoms with Crippen LogP contribution in [0.2, 0.25) is 0 Å². The van der Waals surface area contributed by atoms with Crippen LogP contribution in [0.4, 0.5) is 23.8 Å². The number of alkyl carbamates (subject to hydrolysis) is 1. The second-order valence-corrected chi connectivity index (χ2v) is 6.85. The zero-order valence-electron chi connectivity index (χ0n) is 13.8. The molecule has 0 saturated heterocycles. The Hall–Kier alpha value is -2.06. The summed E-state index contributed by atoms with van der Waals surface area (Å²) in [4.78, 5) is 18.6. The van der Waals surface area contributed by atoms with E-state index in [0.29, 0.717) is 24.5 Å². The fraction of sp³-hybridized carbons (Fsp3) is 0.667. The Bertz CT molecular complexity index is 564. The first-order valence-electron chi connectivity index (χ1n) is 7.65. The van der Waals surface area contributed by atoms with Crippen molar-refractivity contribution in [3.05, 3.63) is 18.1 Å². The normalized spacial score (nSPS) is 20.9. The van der Waals surface area contributed by atoms with Crippen LogP contribution in [0.3, 0.4) is 0 Å². The van der Waals surface area contributed by atoms with Crippen LogP contribution < -0.4 is 10.6 Å². The molecule has 1 aromatic heterocycles. The number of halogens is 3. The second-order valence-electron chi connectivity index (χ2n) is 6.85. The van der Waals surface area contributed by atoms with Crippen LogP contribution in [-0.2, 0) is 10.9 Å². The fourth-order valence-corrected chi connectivity index (χ4v) is 2.31. The predicted octanol–water partition coefficient (Wildman–Crippen LogP) is 3.21. The van der Waals surface area contributed by atoms with Crippen LogP contribution in [0.15, 0.2) is 12.4 Å². The van der Waals surface area contributed by atoms with Gasteiger partial charge in [-0.25, -0.2) is 14.8 Å². The molecular weight excluding hydrogens is 325 g/mol. The third-order valence-electron chi connectivity index (χ3n) is 3.47. The number of carbonyl (C=O) groups is 1. The summed E-state index contributed by atoms with van der Waals surface area (Å²) in [6, 6.07) is 0.0605. The largest absolute Gasteiger partial charge is 0.444 e. The number of aromatic nitrogens is 2. The van der Waals surface area contributed by atoms with Gasteiger partial charge in [0.15, 0.2) is 5.69 Å². The van der Waals surface area contributed by atoms with Crippen molar-refractivity contribution >= 4 is 11.9 Å². The molecule has 134 valence electrons. The molecule has 6 nitrogen and oxygen atoms in total. The Morgan fingerprint density at radius 1 is 1.25 bits per heavy atom. The Morgan fingerprint density at radius 2 is 1.92 bits per heavy atom. The highest BCUT2D eigenvalue weighted by Crippen LogP contribution is 2.29. The number of alkyl halides is 3. The molecule has 2 N–H and O–H groups in total. The quantitative estimate of drug-likeness (QED) is 0.875. The van der Waals surface area contributed by atoms with Crippen LogP contribution in [-0.4, -0.2) is 34.2 Å². The minimum atomic E-state index is -4.49. The van der Waals surface area contributed by atoms with E-state index in [0.717, 1.165) is 19.0 Å². The molecule has 0 radical (unpaired) electrons. The van der Waals surface area contributed by atoms with E-state index in [2.05, 4.69) is 20.6 Å². The van der Waals surface area contributed by atoms with Crippen molar-refractivity contribution < 1.29 is 22.7 Å². The molecule has 1 aliphatic rings. The Kier molecular flexibility index (Phi) is 5.19. The number of nitrogens with zero attached hydrogens (tertiary/aromatic N) is 2. The number of ether oxygens (including phenoxy) is 1. The standard InChI is InChI=1S/C15H21F3N4O2/c1-14(2,3)24-13(23)22-10-4-9(5-10)6-20-12-8-19-11(7-21-12)15(16,17)18/h7-10H,4-6H2,1-3H3,(H,20,21)(H,22,23)/t9-,10+. The molecule has 1 aliphatic carbocycles. The Labute approximate surface area is 138 Å². The van der Waals surface area contributed by atoms with Gasteiger partial charge in [0, 0.05) is 12.6 Å². The molecule has 1 heterocycles. The van der Waals surface area contributed by atoms with Gasteiger partial charge in [0.2, 0.25) is 0 Å². The maximum Gasteiger partial charge on any atom is 0.434 e. The monoisotopic (exact) mass is 346 g/mol. The van der Waals surface area contributed by atoms with Gasteiger partial charge in [-0.1, -0.05) is 0 Å². The molecule has 0 unspecified atom stereocenters. The van der Waals surface area contributed by atoms with E-state index in [-0.39, 0.29) is 6.04 Å². The minimum absolute atomic E-state index is 0.0605. The number of carbonyl (C=O) groups excluding carboxylic acids is 1. The first-order chi connectivity index (χ1) is 11.0. The van der Waals surface area contributed by atoms with E-state index in [4.69, 9.17) is 4.74 Å². The highest BCUT2D eigenvalue weighted by molar-refractivity contribution is 5.68. The summed E-state index contributed by atoms with van der Waals surface area (Å²) < 4.78 is 42.3. The van der Waals surface area contributed by atoms with Crippen LogP contribution in [0.1, 0.15) is 39.3 Å². The molecule has 0 bridgehead atoms. The lowest BCUT2D eigenvalue weighted by Crippen LogP contribution is -2.47. The molecule has 1 amide bonds. The van der Waals surface area contributed by atoms with Crippen molar-refractivity contribution in [2.24, 2.45) is 5.92 Å². The van der Waals surface area contributed by atoms with Gasteiger partial charge in [-0.3, -0.25) is 0 Å². The maximum atomic E-state index is 12.4. The summed E-state index contributed by atoms with van der Waals surface area (Å²) in [7, 11) is 0. The van der Waals surface area contributed by atoms with Gasteiger partial charge in [-0.15, -0.1) is 0 Å². The van der Waals surface area contributed by atoms with Crippen LogP contribution in [0.25, 0.3) is 0 Å². The van der Waals surface area contributed by atoms with Crippen molar-refractivity contribution in [2.75, 3.05) is 11.9 Å². The molecule has 9 heteroatoms. The van der Waals surface area contributed by atoms with E-state index in [1.807, 2.05) is 0 Å². The third kappa shape index (κ3) is 5.54. The summed E-state index contributed by atoms with van der Waals surface area (Å²) in [5.74, 6) is 0.612. The Balaban J connectivity index is 1.68. The number of hydrogen-bond acceptors (Lipinski definition) is 5. The van der Waals surface area contributed by atoms with Gasteiger partial charge in [0.25, 0.3) is 0 Å². The molecular formula is C15H21F3N4O2. The van der Waals surface area contributed by atoms with E-state index < -0.39 is 23.6 Å². The number of nitrogens with one attached hydrogen (secondary N) is 2. The van der Waals surface area contributed by atoms with Gasteiger partial charge in [0.1, 0.15) is 11.4 Å².